The molecule has 2 heterocycles. The van der Waals surface area contributed by atoms with Gasteiger partial charge in [0.15, 0.2) is 6.23 Å². The third kappa shape index (κ3) is 1.61. The monoisotopic (exact) mass is 288 g/mol. The van der Waals surface area contributed by atoms with Crippen molar-refractivity contribution in [2.24, 2.45) is 0 Å². The van der Waals surface area contributed by atoms with Crippen molar-refractivity contribution in [3.05, 3.63) is 5.01 Å². The topological polar surface area (TPSA) is 69.6 Å². The Hall–Kier alpha value is -0.920. The number of alkyl halides is 1. The standard InChI is InChI=1S/C10H13ClN4O2S/c1-10(3-5(10)11)7-12-13-8(18-7)15-6(16)4-14(2)9(15)17/h5-6,16H,3-4H2,1-2H3. The summed E-state index contributed by atoms with van der Waals surface area (Å²) in [6, 6.07) is -0.256. The minimum absolute atomic E-state index is 0.0835. The van der Waals surface area contributed by atoms with Crippen LogP contribution in [0.15, 0.2) is 0 Å². The zero-order valence-corrected chi connectivity index (χ0v) is 11.6. The molecule has 3 atom stereocenters. The molecule has 3 unspecified atom stereocenters. The summed E-state index contributed by atoms with van der Waals surface area (Å²) < 4.78 is 0. The number of aromatic nitrogens is 2. The second kappa shape index (κ2) is 3.79. The van der Waals surface area contributed by atoms with Crippen molar-refractivity contribution in [3.8, 4) is 0 Å². The van der Waals surface area contributed by atoms with Crippen LogP contribution in [0.4, 0.5) is 9.93 Å². The Kier molecular flexibility index (Phi) is 2.55. The van der Waals surface area contributed by atoms with Crippen LogP contribution in [0.1, 0.15) is 18.4 Å². The molecule has 3 rings (SSSR count). The van der Waals surface area contributed by atoms with Gasteiger partial charge < -0.3 is 10.0 Å². The van der Waals surface area contributed by atoms with Gasteiger partial charge in [0.1, 0.15) is 5.01 Å². The smallest absolute Gasteiger partial charge is 0.328 e. The first kappa shape index (κ1) is 12.1. The van der Waals surface area contributed by atoms with E-state index in [0.717, 1.165) is 11.4 Å². The average molecular weight is 289 g/mol. The predicted octanol–water partition coefficient (Wildman–Crippen LogP) is 0.997. The second-order valence-electron chi connectivity index (χ2n) is 4.99. The molecule has 0 bridgehead atoms. The number of carbonyl (C=O) groups is 1. The van der Waals surface area contributed by atoms with E-state index in [2.05, 4.69) is 10.2 Å². The number of nitrogens with zero attached hydrogens (tertiary/aromatic N) is 4. The number of likely N-dealkylation sites (N-methyl/N-ethyl adjacent to an activating group) is 1. The van der Waals surface area contributed by atoms with E-state index in [0.29, 0.717) is 5.13 Å². The third-order valence-electron chi connectivity index (χ3n) is 3.51. The number of rotatable bonds is 2. The number of hydrogen-bond acceptors (Lipinski definition) is 5. The summed E-state index contributed by atoms with van der Waals surface area (Å²) in [6.45, 7) is 2.31. The molecule has 0 spiro atoms. The molecule has 2 fully saturated rings. The Bertz CT molecular complexity index is 510. The maximum absolute atomic E-state index is 11.9. The Labute approximate surface area is 113 Å². The molecule has 1 aromatic heterocycles. The van der Waals surface area contributed by atoms with Crippen LogP contribution in [-0.2, 0) is 5.41 Å². The number of halogens is 1. The molecule has 1 saturated carbocycles. The molecule has 2 amide bonds. The van der Waals surface area contributed by atoms with E-state index >= 15 is 0 Å². The number of carbonyl (C=O) groups excluding carboxylic acids is 1. The molecule has 1 aliphatic carbocycles. The van der Waals surface area contributed by atoms with Gasteiger partial charge in [0.05, 0.1) is 6.54 Å². The first-order valence-corrected chi connectivity index (χ1v) is 6.89. The van der Waals surface area contributed by atoms with Gasteiger partial charge in [0.2, 0.25) is 5.13 Å². The average Bonchev–Trinajstić information content (AvgIpc) is 2.67. The molecular weight excluding hydrogens is 276 g/mol. The minimum atomic E-state index is -0.859. The molecule has 18 heavy (non-hydrogen) atoms. The lowest BCUT2D eigenvalue weighted by Crippen LogP contribution is -2.34. The fourth-order valence-corrected chi connectivity index (χ4v) is 3.59. The first-order chi connectivity index (χ1) is 8.43. The van der Waals surface area contributed by atoms with Gasteiger partial charge in [0.25, 0.3) is 0 Å². The lowest BCUT2D eigenvalue weighted by Gasteiger charge is -2.14. The highest BCUT2D eigenvalue weighted by Crippen LogP contribution is 2.53. The molecule has 98 valence electrons. The molecular formula is C10H13ClN4O2S. The predicted molar refractivity (Wildman–Crippen MR) is 68.0 cm³/mol. The van der Waals surface area contributed by atoms with Gasteiger partial charge in [-0.15, -0.1) is 21.8 Å². The number of aliphatic hydroxyl groups excluding tert-OH is 1. The zero-order chi connectivity index (χ0) is 13.1. The number of hydrogen-bond donors (Lipinski definition) is 1. The fourth-order valence-electron chi connectivity index (χ4n) is 2.00. The largest absolute Gasteiger partial charge is 0.371 e. The van der Waals surface area contributed by atoms with Gasteiger partial charge in [-0.1, -0.05) is 18.3 Å². The van der Waals surface area contributed by atoms with Gasteiger partial charge in [-0.25, -0.2) is 9.69 Å². The van der Waals surface area contributed by atoms with Crippen LogP contribution >= 0.6 is 22.9 Å². The van der Waals surface area contributed by atoms with Crippen molar-refractivity contribution in [2.45, 2.75) is 30.4 Å². The van der Waals surface area contributed by atoms with Crippen molar-refractivity contribution < 1.29 is 9.90 Å². The molecule has 1 aromatic rings. The van der Waals surface area contributed by atoms with Crippen molar-refractivity contribution in [3.63, 3.8) is 0 Å². The molecule has 8 heteroatoms. The van der Waals surface area contributed by atoms with E-state index in [1.54, 1.807) is 7.05 Å². The summed E-state index contributed by atoms with van der Waals surface area (Å²) in [6.07, 6.45) is 0.0154. The molecule has 0 radical (unpaired) electrons. The number of anilines is 1. The molecule has 0 aromatic carbocycles. The number of β-amino-alcohol motifs (C(OH)–C–C–N with tert-alkyl or cyclic N) is 1. The second-order valence-corrected chi connectivity index (χ2v) is 6.48. The summed E-state index contributed by atoms with van der Waals surface area (Å²) in [5, 5.41) is 19.3. The zero-order valence-electron chi connectivity index (χ0n) is 10.00. The van der Waals surface area contributed by atoms with E-state index in [1.807, 2.05) is 6.92 Å². The van der Waals surface area contributed by atoms with E-state index in [4.69, 9.17) is 11.6 Å². The Morgan fingerprint density at radius 1 is 1.56 bits per heavy atom. The number of aliphatic hydroxyl groups is 1. The summed E-state index contributed by atoms with van der Waals surface area (Å²) >= 11 is 7.40. The first-order valence-electron chi connectivity index (χ1n) is 5.64. The Balaban J connectivity index is 1.88. The van der Waals surface area contributed by atoms with Crippen molar-refractivity contribution in [1.29, 1.82) is 0 Å². The highest BCUT2D eigenvalue weighted by molar-refractivity contribution is 7.15. The van der Waals surface area contributed by atoms with Crippen LogP contribution in [0.3, 0.4) is 0 Å². The van der Waals surface area contributed by atoms with Crippen LogP contribution < -0.4 is 4.90 Å². The molecule has 6 nitrogen and oxygen atoms in total. The van der Waals surface area contributed by atoms with E-state index in [1.165, 1.54) is 21.1 Å². The van der Waals surface area contributed by atoms with Crippen LogP contribution in [0.2, 0.25) is 0 Å². The number of urea groups is 1. The van der Waals surface area contributed by atoms with Crippen molar-refractivity contribution >= 4 is 34.1 Å². The summed E-state index contributed by atoms with van der Waals surface area (Å²) in [4.78, 5) is 14.6. The Morgan fingerprint density at radius 3 is 2.72 bits per heavy atom. The van der Waals surface area contributed by atoms with Gasteiger partial charge in [0, 0.05) is 17.8 Å². The number of amides is 2. The normalized spacial score (nSPS) is 35.4. The minimum Gasteiger partial charge on any atom is -0.371 e. The van der Waals surface area contributed by atoms with Crippen LogP contribution in [0.25, 0.3) is 0 Å². The molecule has 2 aliphatic rings. The molecule has 1 N–H and O–H groups in total. The maximum atomic E-state index is 11.9. The van der Waals surface area contributed by atoms with Crippen molar-refractivity contribution in [1.82, 2.24) is 15.1 Å². The third-order valence-corrected chi connectivity index (χ3v) is 5.35. The van der Waals surface area contributed by atoms with Crippen molar-refractivity contribution in [2.75, 3.05) is 18.5 Å². The molecule has 1 saturated heterocycles. The van der Waals surface area contributed by atoms with Crippen LogP contribution in [0, 0.1) is 0 Å². The lowest BCUT2D eigenvalue weighted by molar-refractivity contribution is 0.183. The van der Waals surface area contributed by atoms with Crippen LogP contribution in [-0.4, -0.2) is 51.4 Å². The maximum Gasteiger partial charge on any atom is 0.328 e. The van der Waals surface area contributed by atoms with E-state index in [9.17, 15) is 9.90 Å². The summed E-state index contributed by atoms with van der Waals surface area (Å²) in [5.41, 5.74) is -0.128. The quantitative estimate of drug-likeness (QED) is 0.824. The van der Waals surface area contributed by atoms with E-state index < -0.39 is 6.23 Å². The van der Waals surface area contributed by atoms with Gasteiger partial charge >= 0.3 is 6.03 Å². The summed E-state index contributed by atoms with van der Waals surface area (Å²) in [5.74, 6) is 0. The van der Waals surface area contributed by atoms with Gasteiger partial charge in [-0.2, -0.15) is 0 Å². The van der Waals surface area contributed by atoms with Gasteiger partial charge in [-0.3, -0.25) is 0 Å². The highest BCUT2D eigenvalue weighted by Gasteiger charge is 2.53. The summed E-state index contributed by atoms with van der Waals surface area (Å²) in [7, 11) is 1.64. The van der Waals surface area contributed by atoms with E-state index in [-0.39, 0.29) is 23.4 Å². The SMILES string of the molecule is CN1CC(O)N(c2nnc(C3(C)CC3Cl)s2)C1=O. The highest BCUT2D eigenvalue weighted by atomic mass is 35.5. The van der Waals surface area contributed by atoms with Crippen LogP contribution in [0.5, 0.6) is 0 Å². The fraction of sp³-hybridized carbons (Fsp3) is 0.700. The van der Waals surface area contributed by atoms with Gasteiger partial charge in [-0.05, 0) is 6.42 Å². The Morgan fingerprint density at radius 2 is 2.22 bits per heavy atom. The lowest BCUT2D eigenvalue weighted by atomic mass is 10.2. The molecule has 1 aliphatic heterocycles.